The van der Waals surface area contributed by atoms with Crippen LogP contribution >= 0.6 is 11.8 Å². The standard InChI is InChI=1S/C20H23NO4S/c1-14-3-5-15(6-4-14)16-7-9-17(10-8-16)25-13-19(22)21-18(20(23)24)11-12-26-2/h3-10,18H,11-13H2,1-2H3,(H,21,22)(H,23,24)/t18-/m0/s1. The first kappa shape index (κ1) is 19.8. The van der Waals surface area contributed by atoms with Crippen LogP contribution in [0, 0.1) is 6.92 Å². The molecule has 6 heteroatoms. The van der Waals surface area contributed by atoms with Crippen molar-refractivity contribution in [2.45, 2.75) is 19.4 Å². The molecular weight excluding hydrogens is 350 g/mol. The Bertz CT molecular complexity index is 728. The maximum Gasteiger partial charge on any atom is 0.326 e. The lowest BCUT2D eigenvalue weighted by molar-refractivity contribution is -0.142. The maximum absolute atomic E-state index is 11.9. The predicted molar refractivity (Wildman–Crippen MR) is 105 cm³/mol. The number of amides is 1. The first-order valence-corrected chi connectivity index (χ1v) is 9.70. The van der Waals surface area contributed by atoms with Gasteiger partial charge in [-0.1, -0.05) is 42.0 Å². The highest BCUT2D eigenvalue weighted by molar-refractivity contribution is 7.98. The molecule has 0 aliphatic heterocycles. The van der Waals surface area contributed by atoms with Crippen LogP contribution in [0.25, 0.3) is 11.1 Å². The lowest BCUT2D eigenvalue weighted by Crippen LogP contribution is -2.43. The van der Waals surface area contributed by atoms with Crippen molar-refractivity contribution in [1.29, 1.82) is 0 Å². The summed E-state index contributed by atoms with van der Waals surface area (Å²) in [7, 11) is 0. The molecule has 0 aliphatic carbocycles. The van der Waals surface area contributed by atoms with E-state index in [1.165, 1.54) is 17.3 Å². The molecule has 2 rings (SSSR count). The van der Waals surface area contributed by atoms with Crippen LogP contribution in [-0.2, 0) is 9.59 Å². The van der Waals surface area contributed by atoms with Gasteiger partial charge in [-0.3, -0.25) is 4.79 Å². The topological polar surface area (TPSA) is 75.6 Å². The van der Waals surface area contributed by atoms with Crippen molar-refractivity contribution in [2.24, 2.45) is 0 Å². The average molecular weight is 373 g/mol. The van der Waals surface area contributed by atoms with E-state index in [1.807, 2.05) is 25.3 Å². The minimum atomic E-state index is -1.03. The summed E-state index contributed by atoms with van der Waals surface area (Å²) in [6.07, 6.45) is 2.28. The third kappa shape index (κ3) is 6.11. The van der Waals surface area contributed by atoms with Crippen molar-refractivity contribution in [1.82, 2.24) is 5.32 Å². The lowest BCUT2D eigenvalue weighted by atomic mass is 10.0. The highest BCUT2D eigenvalue weighted by atomic mass is 32.2. The van der Waals surface area contributed by atoms with Gasteiger partial charge >= 0.3 is 5.97 Å². The van der Waals surface area contributed by atoms with Gasteiger partial charge in [-0.25, -0.2) is 4.79 Å². The zero-order valence-electron chi connectivity index (χ0n) is 14.9. The minimum Gasteiger partial charge on any atom is -0.484 e. The summed E-state index contributed by atoms with van der Waals surface area (Å²) in [5.41, 5.74) is 3.37. The molecule has 0 radical (unpaired) electrons. The van der Waals surface area contributed by atoms with Gasteiger partial charge in [0.1, 0.15) is 11.8 Å². The van der Waals surface area contributed by atoms with Gasteiger partial charge in [-0.15, -0.1) is 0 Å². The van der Waals surface area contributed by atoms with Gasteiger partial charge in [0.25, 0.3) is 5.91 Å². The number of rotatable bonds is 9. The van der Waals surface area contributed by atoms with E-state index in [0.717, 1.165) is 11.1 Å². The summed E-state index contributed by atoms with van der Waals surface area (Å²) in [5.74, 6) is -0.249. The summed E-state index contributed by atoms with van der Waals surface area (Å²) in [4.78, 5) is 23.1. The molecule has 0 saturated heterocycles. The molecule has 26 heavy (non-hydrogen) atoms. The zero-order chi connectivity index (χ0) is 18.9. The number of aliphatic carboxylic acids is 1. The maximum atomic E-state index is 11.9. The number of ether oxygens (including phenoxy) is 1. The number of carbonyl (C=O) groups is 2. The number of carboxylic acid groups (broad SMARTS) is 1. The van der Waals surface area contributed by atoms with E-state index in [4.69, 9.17) is 9.84 Å². The average Bonchev–Trinajstić information content (AvgIpc) is 2.64. The second-order valence-corrected chi connectivity index (χ2v) is 6.90. The molecule has 0 aromatic heterocycles. The Morgan fingerprint density at radius 2 is 1.65 bits per heavy atom. The van der Waals surface area contributed by atoms with Crippen molar-refractivity contribution >= 4 is 23.6 Å². The monoisotopic (exact) mass is 373 g/mol. The third-order valence-electron chi connectivity index (χ3n) is 3.85. The van der Waals surface area contributed by atoms with Crippen molar-refractivity contribution < 1.29 is 19.4 Å². The Balaban J connectivity index is 1.87. The Labute approximate surface area is 157 Å². The molecule has 0 heterocycles. The second-order valence-electron chi connectivity index (χ2n) is 5.92. The van der Waals surface area contributed by atoms with Crippen LogP contribution in [0.3, 0.4) is 0 Å². The molecule has 1 amide bonds. The molecule has 0 bridgehead atoms. The molecule has 0 aliphatic rings. The molecule has 2 N–H and O–H groups in total. The molecule has 1 atom stereocenters. The smallest absolute Gasteiger partial charge is 0.326 e. The number of thioether (sulfide) groups is 1. The fourth-order valence-corrected chi connectivity index (χ4v) is 2.84. The fraction of sp³-hybridized carbons (Fsp3) is 0.300. The number of nitrogens with one attached hydrogen (secondary N) is 1. The third-order valence-corrected chi connectivity index (χ3v) is 4.50. The molecule has 138 valence electrons. The Hall–Kier alpha value is -2.47. The Morgan fingerprint density at radius 1 is 1.08 bits per heavy atom. The van der Waals surface area contributed by atoms with Gasteiger partial charge in [0.05, 0.1) is 0 Å². The molecule has 0 saturated carbocycles. The van der Waals surface area contributed by atoms with Gasteiger partial charge in [0.2, 0.25) is 0 Å². The van der Waals surface area contributed by atoms with E-state index in [1.54, 1.807) is 12.1 Å². The van der Waals surface area contributed by atoms with E-state index < -0.39 is 17.9 Å². The molecule has 0 spiro atoms. The molecule has 0 fully saturated rings. The normalized spacial score (nSPS) is 11.6. The van der Waals surface area contributed by atoms with Crippen LogP contribution in [0.5, 0.6) is 5.75 Å². The first-order chi connectivity index (χ1) is 12.5. The van der Waals surface area contributed by atoms with Crippen molar-refractivity contribution in [3.8, 4) is 16.9 Å². The second kappa shape index (κ2) is 9.87. The van der Waals surface area contributed by atoms with Gasteiger partial charge in [-0.2, -0.15) is 11.8 Å². The number of aryl methyl sites for hydroxylation is 1. The molecule has 5 nitrogen and oxygen atoms in total. The Kier molecular flexibility index (Phi) is 7.53. The fourth-order valence-electron chi connectivity index (χ4n) is 2.37. The molecule has 2 aromatic carbocycles. The van der Waals surface area contributed by atoms with E-state index in [0.29, 0.717) is 17.9 Å². The van der Waals surface area contributed by atoms with Gasteiger partial charge in [0, 0.05) is 0 Å². The van der Waals surface area contributed by atoms with E-state index in [2.05, 4.69) is 29.6 Å². The van der Waals surface area contributed by atoms with E-state index >= 15 is 0 Å². The minimum absolute atomic E-state index is 0.215. The molecular formula is C20H23NO4S. The number of carboxylic acids is 1. The first-order valence-electron chi connectivity index (χ1n) is 8.30. The largest absolute Gasteiger partial charge is 0.484 e. The van der Waals surface area contributed by atoms with Crippen LogP contribution in [0.4, 0.5) is 0 Å². The summed E-state index contributed by atoms with van der Waals surface area (Å²) in [5, 5.41) is 11.6. The van der Waals surface area contributed by atoms with Gasteiger partial charge < -0.3 is 15.2 Å². The highest BCUT2D eigenvalue weighted by Crippen LogP contribution is 2.22. The van der Waals surface area contributed by atoms with Crippen molar-refractivity contribution in [3.05, 3.63) is 54.1 Å². The highest BCUT2D eigenvalue weighted by Gasteiger charge is 2.19. The van der Waals surface area contributed by atoms with Crippen molar-refractivity contribution in [2.75, 3.05) is 18.6 Å². The van der Waals surface area contributed by atoms with Crippen LogP contribution in [-0.4, -0.2) is 41.6 Å². The summed E-state index contributed by atoms with van der Waals surface area (Å²) < 4.78 is 5.45. The number of benzene rings is 2. The summed E-state index contributed by atoms with van der Waals surface area (Å²) in [6, 6.07) is 14.8. The van der Waals surface area contributed by atoms with Crippen LogP contribution in [0.2, 0.25) is 0 Å². The SMILES string of the molecule is CSCC[C@H](NC(=O)COc1ccc(-c2ccc(C)cc2)cc1)C(=O)O. The number of carbonyl (C=O) groups excluding carboxylic acids is 1. The van der Waals surface area contributed by atoms with Crippen molar-refractivity contribution in [3.63, 3.8) is 0 Å². The van der Waals surface area contributed by atoms with Gasteiger partial charge in [-0.05, 0) is 48.6 Å². The lowest BCUT2D eigenvalue weighted by Gasteiger charge is -2.14. The summed E-state index contributed by atoms with van der Waals surface area (Å²) >= 11 is 1.54. The molecule has 0 unspecified atom stereocenters. The van der Waals surface area contributed by atoms with E-state index in [-0.39, 0.29) is 6.61 Å². The van der Waals surface area contributed by atoms with Crippen LogP contribution in [0.15, 0.2) is 48.5 Å². The number of hydrogen-bond acceptors (Lipinski definition) is 4. The van der Waals surface area contributed by atoms with Gasteiger partial charge in [0.15, 0.2) is 6.61 Å². The molecule has 2 aromatic rings. The number of hydrogen-bond donors (Lipinski definition) is 2. The summed E-state index contributed by atoms with van der Waals surface area (Å²) in [6.45, 7) is 1.83. The van der Waals surface area contributed by atoms with Crippen LogP contribution < -0.4 is 10.1 Å². The van der Waals surface area contributed by atoms with E-state index in [9.17, 15) is 9.59 Å². The predicted octanol–water partition coefficient (Wildman–Crippen LogP) is 3.36. The zero-order valence-corrected chi connectivity index (χ0v) is 15.7. The van der Waals surface area contributed by atoms with Crippen LogP contribution in [0.1, 0.15) is 12.0 Å². The Morgan fingerprint density at radius 3 is 2.19 bits per heavy atom. The quantitative estimate of drug-likeness (QED) is 0.705.